The molecule has 3 atom stereocenters. The first-order valence-electron chi connectivity index (χ1n) is 10.1. The molecule has 5 nitrogen and oxygen atoms in total. The summed E-state index contributed by atoms with van der Waals surface area (Å²) in [5.41, 5.74) is 1.86. The van der Waals surface area contributed by atoms with Gasteiger partial charge in [0, 0.05) is 37.6 Å². The molecule has 0 radical (unpaired) electrons. The molecule has 0 aromatic heterocycles. The van der Waals surface area contributed by atoms with Gasteiger partial charge in [-0.3, -0.25) is 0 Å². The number of carbonyl (C=O) groups excluding carboxylic acids is 1. The van der Waals surface area contributed by atoms with Crippen molar-refractivity contribution in [2.24, 2.45) is 0 Å². The average Bonchev–Trinajstić information content (AvgIpc) is 2.67. The molecule has 0 saturated carbocycles. The molecule has 1 aliphatic rings. The molecule has 1 amide bonds. The van der Waals surface area contributed by atoms with Crippen molar-refractivity contribution >= 4 is 6.09 Å². The minimum atomic E-state index is -0.613. The summed E-state index contributed by atoms with van der Waals surface area (Å²) in [6, 6.07) is 10.5. The maximum Gasteiger partial charge on any atom is 0.410 e. The van der Waals surface area contributed by atoms with Crippen LogP contribution >= 0.6 is 0 Å². The van der Waals surface area contributed by atoms with Crippen molar-refractivity contribution in [1.29, 1.82) is 0 Å². The van der Waals surface area contributed by atoms with E-state index in [1.807, 2.05) is 38.1 Å². The van der Waals surface area contributed by atoms with E-state index in [-0.39, 0.29) is 12.1 Å². The molecule has 2 aromatic carbocycles. The van der Waals surface area contributed by atoms with Crippen LogP contribution < -0.4 is 0 Å². The first-order valence-corrected chi connectivity index (χ1v) is 10.1. The predicted octanol–water partition coefficient (Wildman–Crippen LogP) is 4.22. The summed E-state index contributed by atoms with van der Waals surface area (Å²) < 4.78 is 32.7. The van der Waals surface area contributed by atoms with Gasteiger partial charge >= 0.3 is 6.09 Å². The quantitative estimate of drug-likeness (QED) is 0.732. The number of cyclic esters (lactones) is 1. The van der Waals surface area contributed by atoms with Crippen molar-refractivity contribution in [3.8, 4) is 11.1 Å². The van der Waals surface area contributed by atoms with Gasteiger partial charge in [-0.2, -0.15) is 0 Å². The van der Waals surface area contributed by atoms with Crippen LogP contribution in [0.1, 0.15) is 31.4 Å². The molecule has 30 heavy (non-hydrogen) atoms. The Balaban J connectivity index is 1.63. The Labute approximate surface area is 175 Å². The van der Waals surface area contributed by atoms with Crippen molar-refractivity contribution in [3.05, 3.63) is 59.7 Å². The Morgan fingerprint density at radius 1 is 1.20 bits per heavy atom. The summed E-state index contributed by atoms with van der Waals surface area (Å²) in [5, 5.41) is 10.1. The van der Waals surface area contributed by atoms with Crippen molar-refractivity contribution < 1.29 is 23.4 Å². The van der Waals surface area contributed by atoms with Gasteiger partial charge in [0.15, 0.2) is 0 Å². The number of hydrogen-bond acceptors (Lipinski definition) is 4. The highest BCUT2D eigenvalue weighted by molar-refractivity contribution is 5.69. The Kier molecular flexibility index (Phi) is 7.05. The van der Waals surface area contributed by atoms with Crippen LogP contribution in [0.2, 0.25) is 0 Å². The van der Waals surface area contributed by atoms with Gasteiger partial charge in [-0.25, -0.2) is 13.6 Å². The van der Waals surface area contributed by atoms with Crippen LogP contribution in [-0.2, 0) is 4.74 Å². The number of likely N-dealkylation sites (N-methyl/N-ethyl adjacent to an activating group) is 1. The molecule has 0 aliphatic carbocycles. The molecular formula is C23H28F2N2O3. The van der Waals surface area contributed by atoms with Gasteiger partial charge in [-0.1, -0.05) is 24.3 Å². The third kappa shape index (κ3) is 5.34. The summed E-state index contributed by atoms with van der Waals surface area (Å²) >= 11 is 0. The van der Waals surface area contributed by atoms with Crippen LogP contribution in [0, 0.1) is 11.6 Å². The van der Waals surface area contributed by atoms with E-state index in [0.29, 0.717) is 37.1 Å². The minimum Gasteiger partial charge on any atom is -0.446 e. The lowest BCUT2D eigenvalue weighted by Gasteiger charge is -2.36. The maximum absolute atomic E-state index is 14.0. The van der Waals surface area contributed by atoms with E-state index in [4.69, 9.17) is 4.74 Å². The largest absolute Gasteiger partial charge is 0.446 e. The van der Waals surface area contributed by atoms with E-state index in [2.05, 4.69) is 0 Å². The first-order chi connectivity index (χ1) is 14.2. The predicted molar refractivity (Wildman–Crippen MR) is 111 cm³/mol. The van der Waals surface area contributed by atoms with Crippen LogP contribution in [0.15, 0.2) is 42.5 Å². The molecule has 1 saturated heterocycles. The summed E-state index contributed by atoms with van der Waals surface area (Å²) in [4.78, 5) is 16.1. The third-order valence-corrected chi connectivity index (χ3v) is 5.41. The smallest absolute Gasteiger partial charge is 0.410 e. The van der Waals surface area contributed by atoms with Gasteiger partial charge in [-0.05, 0) is 44.3 Å². The summed E-state index contributed by atoms with van der Waals surface area (Å²) in [7, 11) is 3.77. The van der Waals surface area contributed by atoms with Gasteiger partial charge < -0.3 is 19.6 Å². The fourth-order valence-corrected chi connectivity index (χ4v) is 3.81. The highest BCUT2D eigenvalue weighted by atomic mass is 19.1. The third-order valence-electron chi connectivity index (χ3n) is 5.41. The molecule has 162 valence electrons. The van der Waals surface area contributed by atoms with E-state index in [1.54, 1.807) is 17.0 Å². The number of aliphatic hydroxyl groups excluding tert-OH is 1. The van der Waals surface area contributed by atoms with Crippen LogP contribution in [0.25, 0.3) is 11.1 Å². The number of halogens is 2. The zero-order valence-electron chi connectivity index (χ0n) is 17.5. The van der Waals surface area contributed by atoms with Crippen molar-refractivity contribution in [3.63, 3.8) is 0 Å². The monoisotopic (exact) mass is 418 g/mol. The molecule has 2 aromatic rings. The Morgan fingerprint density at radius 2 is 1.90 bits per heavy atom. The number of benzene rings is 2. The van der Waals surface area contributed by atoms with Gasteiger partial charge in [0.25, 0.3) is 0 Å². The SMILES string of the molecule is CC(c1ccc(-c2ccc(F)cc2F)cc1)N1CCC(CC(O)CN(C)C)OC1=O. The normalized spacial score (nSPS) is 19.0. The van der Waals surface area contributed by atoms with E-state index in [9.17, 15) is 18.7 Å². The molecule has 3 rings (SSSR count). The molecule has 3 unspecified atom stereocenters. The van der Waals surface area contributed by atoms with Crippen molar-refractivity contribution in [2.45, 2.75) is 38.0 Å². The molecule has 1 heterocycles. The highest BCUT2D eigenvalue weighted by Crippen LogP contribution is 2.29. The number of hydrogen-bond donors (Lipinski definition) is 1. The van der Waals surface area contributed by atoms with Crippen LogP contribution in [0.5, 0.6) is 0 Å². The number of aliphatic hydroxyl groups is 1. The number of nitrogens with zero attached hydrogens (tertiary/aromatic N) is 2. The topological polar surface area (TPSA) is 53.0 Å². The van der Waals surface area contributed by atoms with Crippen LogP contribution in [-0.4, -0.2) is 60.4 Å². The fourth-order valence-electron chi connectivity index (χ4n) is 3.81. The zero-order valence-corrected chi connectivity index (χ0v) is 17.5. The van der Waals surface area contributed by atoms with Crippen molar-refractivity contribution in [1.82, 2.24) is 9.80 Å². The minimum absolute atomic E-state index is 0.211. The van der Waals surface area contributed by atoms with E-state index in [1.165, 1.54) is 12.1 Å². The molecule has 0 bridgehead atoms. The highest BCUT2D eigenvalue weighted by Gasteiger charge is 2.32. The lowest BCUT2D eigenvalue weighted by molar-refractivity contribution is -0.0117. The molecule has 1 aliphatic heterocycles. The van der Waals surface area contributed by atoms with E-state index >= 15 is 0 Å². The van der Waals surface area contributed by atoms with Gasteiger partial charge in [0.2, 0.25) is 0 Å². The summed E-state index contributed by atoms with van der Waals surface area (Å²) in [6.07, 6.45) is -0.158. The summed E-state index contributed by atoms with van der Waals surface area (Å²) in [5.74, 6) is -1.23. The number of amides is 1. The lowest BCUT2D eigenvalue weighted by Crippen LogP contribution is -2.44. The molecule has 1 N–H and O–H groups in total. The molecule has 1 fully saturated rings. The standard InChI is InChI=1S/C23H28F2N2O3/c1-15(27-11-10-20(30-23(27)29)13-19(28)14-26(2)3)16-4-6-17(7-5-16)21-9-8-18(24)12-22(21)25/h4-9,12,15,19-20,28H,10-11,13-14H2,1-3H3. The second-order valence-corrected chi connectivity index (χ2v) is 8.06. The summed E-state index contributed by atoms with van der Waals surface area (Å²) in [6.45, 7) is 2.97. The Morgan fingerprint density at radius 3 is 2.50 bits per heavy atom. The van der Waals surface area contributed by atoms with Gasteiger partial charge in [0.1, 0.15) is 17.7 Å². The van der Waals surface area contributed by atoms with Gasteiger partial charge in [0.05, 0.1) is 12.1 Å². The van der Waals surface area contributed by atoms with Crippen LogP contribution in [0.3, 0.4) is 0 Å². The van der Waals surface area contributed by atoms with Gasteiger partial charge in [-0.15, -0.1) is 0 Å². The van der Waals surface area contributed by atoms with E-state index in [0.717, 1.165) is 11.6 Å². The van der Waals surface area contributed by atoms with Crippen molar-refractivity contribution in [2.75, 3.05) is 27.2 Å². The molecule has 7 heteroatoms. The second-order valence-electron chi connectivity index (χ2n) is 8.06. The fraction of sp³-hybridized carbons (Fsp3) is 0.435. The first kappa shape index (κ1) is 22.2. The maximum atomic E-state index is 14.0. The average molecular weight is 418 g/mol. The molecule has 0 spiro atoms. The number of carbonyl (C=O) groups is 1. The number of ether oxygens (including phenoxy) is 1. The Bertz CT molecular complexity index is 873. The van der Waals surface area contributed by atoms with Crippen LogP contribution in [0.4, 0.5) is 13.6 Å². The Hall–Kier alpha value is -2.51. The zero-order chi connectivity index (χ0) is 21.8. The lowest BCUT2D eigenvalue weighted by atomic mass is 9.99. The van der Waals surface area contributed by atoms with E-state index < -0.39 is 23.8 Å². The second kappa shape index (κ2) is 9.53. The number of rotatable bonds is 7. The molecular weight excluding hydrogens is 390 g/mol.